The van der Waals surface area contributed by atoms with E-state index in [4.69, 9.17) is 0 Å². The molecular formula is C13H24. The first-order valence-electron chi connectivity index (χ1n) is 5.81. The van der Waals surface area contributed by atoms with Gasteiger partial charge in [0.15, 0.2) is 0 Å². The zero-order chi connectivity index (χ0) is 9.90. The first kappa shape index (κ1) is 10.8. The lowest BCUT2D eigenvalue weighted by Gasteiger charge is -2.35. The minimum Gasteiger partial charge on any atom is -0.103 e. The quantitative estimate of drug-likeness (QED) is 0.562. The van der Waals surface area contributed by atoms with Crippen LogP contribution in [0.5, 0.6) is 0 Å². The van der Waals surface area contributed by atoms with Crippen LogP contribution in [-0.4, -0.2) is 0 Å². The summed E-state index contributed by atoms with van der Waals surface area (Å²) in [6.45, 7) is 11.1. The van der Waals surface area contributed by atoms with Gasteiger partial charge in [-0.2, -0.15) is 0 Å². The van der Waals surface area contributed by atoms with Crippen LogP contribution in [0.1, 0.15) is 52.9 Å². The van der Waals surface area contributed by atoms with Crippen molar-refractivity contribution in [2.75, 3.05) is 0 Å². The molecule has 0 radical (unpaired) electrons. The fourth-order valence-corrected chi connectivity index (χ4v) is 3.33. The lowest BCUT2D eigenvalue weighted by Crippen LogP contribution is -2.27. The third kappa shape index (κ3) is 1.82. The van der Waals surface area contributed by atoms with Crippen LogP contribution in [0.25, 0.3) is 0 Å². The Morgan fingerprint density at radius 2 is 2.08 bits per heavy atom. The molecule has 13 heavy (non-hydrogen) atoms. The average molecular weight is 180 g/mol. The summed E-state index contributed by atoms with van der Waals surface area (Å²) in [5.41, 5.74) is 0.561. The summed E-state index contributed by atoms with van der Waals surface area (Å²) in [5, 5.41) is 0. The molecule has 0 bridgehead atoms. The largest absolute Gasteiger partial charge is 0.103 e. The first-order valence-corrected chi connectivity index (χ1v) is 5.81. The summed E-state index contributed by atoms with van der Waals surface area (Å²) < 4.78 is 0. The predicted octanol–water partition coefficient (Wildman–Crippen LogP) is 4.42. The van der Waals surface area contributed by atoms with Crippen LogP contribution in [0.3, 0.4) is 0 Å². The lowest BCUT2D eigenvalue weighted by molar-refractivity contribution is 0.163. The van der Waals surface area contributed by atoms with Gasteiger partial charge in [0.25, 0.3) is 0 Å². The van der Waals surface area contributed by atoms with Crippen molar-refractivity contribution in [3.8, 4) is 0 Å². The predicted molar refractivity (Wildman–Crippen MR) is 59.7 cm³/mol. The van der Waals surface area contributed by atoms with Gasteiger partial charge in [0.1, 0.15) is 0 Å². The van der Waals surface area contributed by atoms with Gasteiger partial charge in [0.2, 0.25) is 0 Å². The Kier molecular flexibility index (Phi) is 3.58. The summed E-state index contributed by atoms with van der Waals surface area (Å²) in [7, 11) is 0. The van der Waals surface area contributed by atoms with E-state index >= 15 is 0 Å². The topological polar surface area (TPSA) is 0 Å². The van der Waals surface area contributed by atoms with Crippen LogP contribution < -0.4 is 0 Å². The average Bonchev–Trinajstić information content (AvgIpc) is 2.42. The molecule has 3 atom stereocenters. The van der Waals surface area contributed by atoms with Gasteiger partial charge in [-0.1, -0.05) is 39.7 Å². The summed E-state index contributed by atoms with van der Waals surface area (Å²) in [6, 6.07) is 0. The number of hydrogen-bond donors (Lipinski definition) is 0. The maximum Gasteiger partial charge on any atom is -0.0179 e. The molecular weight excluding hydrogens is 156 g/mol. The molecule has 1 aliphatic carbocycles. The van der Waals surface area contributed by atoms with Crippen LogP contribution in [0.4, 0.5) is 0 Å². The molecule has 0 heteroatoms. The second kappa shape index (κ2) is 4.30. The van der Waals surface area contributed by atoms with Crippen molar-refractivity contribution in [1.82, 2.24) is 0 Å². The minimum absolute atomic E-state index is 0.561. The highest BCUT2D eigenvalue weighted by Gasteiger charge is 2.42. The van der Waals surface area contributed by atoms with E-state index in [0.29, 0.717) is 5.41 Å². The van der Waals surface area contributed by atoms with Gasteiger partial charge in [0.05, 0.1) is 0 Å². The SMILES string of the molecule is C=CC1CCC(CC)C1(C)CCC. The minimum atomic E-state index is 0.561. The Labute approximate surface area is 83.4 Å². The fraction of sp³-hybridized carbons (Fsp3) is 0.846. The number of hydrogen-bond acceptors (Lipinski definition) is 0. The van der Waals surface area contributed by atoms with Crippen molar-refractivity contribution in [3.05, 3.63) is 12.7 Å². The molecule has 3 unspecified atom stereocenters. The van der Waals surface area contributed by atoms with Crippen LogP contribution >= 0.6 is 0 Å². The smallest absolute Gasteiger partial charge is 0.0179 e. The van der Waals surface area contributed by atoms with Gasteiger partial charge < -0.3 is 0 Å². The molecule has 1 aliphatic rings. The maximum atomic E-state index is 3.99. The highest BCUT2D eigenvalue weighted by Crippen LogP contribution is 2.52. The molecule has 0 N–H and O–H groups in total. The van der Waals surface area contributed by atoms with Gasteiger partial charge in [-0.25, -0.2) is 0 Å². The van der Waals surface area contributed by atoms with Crippen LogP contribution in [0, 0.1) is 17.3 Å². The van der Waals surface area contributed by atoms with Gasteiger partial charge in [-0.15, -0.1) is 6.58 Å². The lowest BCUT2D eigenvalue weighted by atomic mass is 9.70. The molecule has 76 valence electrons. The van der Waals surface area contributed by atoms with Gasteiger partial charge in [-0.05, 0) is 36.5 Å². The molecule has 0 aliphatic heterocycles. The molecule has 1 saturated carbocycles. The van der Waals surface area contributed by atoms with E-state index in [2.05, 4.69) is 33.4 Å². The molecule has 0 nitrogen and oxygen atoms in total. The van der Waals surface area contributed by atoms with Crippen LogP contribution in [0.15, 0.2) is 12.7 Å². The van der Waals surface area contributed by atoms with Crippen LogP contribution in [-0.2, 0) is 0 Å². The Bertz CT molecular complexity index is 171. The zero-order valence-corrected chi connectivity index (χ0v) is 9.47. The Morgan fingerprint density at radius 3 is 2.54 bits per heavy atom. The Morgan fingerprint density at radius 1 is 1.38 bits per heavy atom. The van der Waals surface area contributed by atoms with Crippen LogP contribution in [0.2, 0.25) is 0 Å². The van der Waals surface area contributed by atoms with Gasteiger partial charge in [0, 0.05) is 0 Å². The second-order valence-electron chi connectivity index (χ2n) is 4.78. The monoisotopic (exact) mass is 180 g/mol. The molecule has 1 rings (SSSR count). The molecule has 0 spiro atoms. The van der Waals surface area contributed by atoms with Crippen molar-refractivity contribution in [2.24, 2.45) is 17.3 Å². The fourth-order valence-electron chi connectivity index (χ4n) is 3.33. The molecule has 0 amide bonds. The zero-order valence-electron chi connectivity index (χ0n) is 9.47. The van der Waals surface area contributed by atoms with E-state index in [-0.39, 0.29) is 0 Å². The van der Waals surface area contributed by atoms with Crippen molar-refractivity contribution >= 4 is 0 Å². The number of allylic oxidation sites excluding steroid dienone is 1. The summed E-state index contributed by atoms with van der Waals surface area (Å²) in [5.74, 6) is 1.72. The Hall–Kier alpha value is -0.260. The number of rotatable bonds is 4. The molecule has 0 saturated heterocycles. The van der Waals surface area contributed by atoms with E-state index in [1.807, 2.05) is 0 Å². The molecule has 0 aromatic carbocycles. The Balaban J connectivity index is 2.76. The molecule has 0 aromatic heterocycles. The third-order valence-electron chi connectivity index (χ3n) is 4.17. The summed E-state index contributed by atoms with van der Waals surface area (Å²) in [4.78, 5) is 0. The first-order chi connectivity index (χ1) is 6.19. The van der Waals surface area contributed by atoms with Crippen molar-refractivity contribution in [1.29, 1.82) is 0 Å². The standard InChI is InChI=1S/C13H24/c1-5-10-13(4)11(6-2)8-9-12(13)7-3/h6,11-12H,2,5,7-10H2,1,3-4H3. The van der Waals surface area contributed by atoms with Gasteiger partial charge >= 0.3 is 0 Å². The van der Waals surface area contributed by atoms with E-state index < -0.39 is 0 Å². The normalized spacial score (nSPS) is 39.3. The molecule has 0 heterocycles. The maximum absolute atomic E-state index is 3.99. The van der Waals surface area contributed by atoms with E-state index in [1.165, 1.54) is 32.1 Å². The van der Waals surface area contributed by atoms with Crippen molar-refractivity contribution in [2.45, 2.75) is 52.9 Å². The third-order valence-corrected chi connectivity index (χ3v) is 4.17. The van der Waals surface area contributed by atoms with E-state index in [1.54, 1.807) is 0 Å². The molecule has 0 aromatic rings. The van der Waals surface area contributed by atoms with E-state index in [9.17, 15) is 0 Å². The summed E-state index contributed by atoms with van der Waals surface area (Å²) in [6.07, 6.45) is 9.04. The van der Waals surface area contributed by atoms with Crippen molar-refractivity contribution < 1.29 is 0 Å². The van der Waals surface area contributed by atoms with E-state index in [0.717, 1.165) is 11.8 Å². The summed E-state index contributed by atoms with van der Waals surface area (Å²) >= 11 is 0. The molecule has 1 fully saturated rings. The van der Waals surface area contributed by atoms with Crippen molar-refractivity contribution in [3.63, 3.8) is 0 Å². The highest BCUT2D eigenvalue weighted by molar-refractivity contribution is 5.00. The second-order valence-corrected chi connectivity index (χ2v) is 4.78. The van der Waals surface area contributed by atoms with Gasteiger partial charge in [-0.3, -0.25) is 0 Å². The highest BCUT2D eigenvalue weighted by atomic mass is 14.5.